The van der Waals surface area contributed by atoms with E-state index in [-0.39, 0.29) is 0 Å². The van der Waals surface area contributed by atoms with Crippen LogP contribution in [0.1, 0.15) is 11.3 Å². The summed E-state index contributed by atoms with van der Waals surface area (Å²) in [6.07, 6.45) is 7.50. The third-order valence-corrected chi connectivity index (χ3v) is 2.23. The fraction of sp³-hybridized carbons (Fsp3) is 0.273. The third-order valence-electron chi connectivity index (χ3n) is 2.23. The van der Waals surface area contributed by atoms with Gasteiger partial charge in [-0.15, -0.1) is 6.58 Å². The number of hydrogen-bond acceptors (Lipinski definition) is 3. The van der Waals surface area contributed by atoms with Crippen molar-refractivity contribution >= 4 is 5.95 Å². The Labute approximate surface area is 94.2 Å². The van der Waals surface area contributed by atoms with Crippen LogP contribution < -0.4 is 5.32 Å². The van der Waals surface area contributed by atoms with Gasteiger partial charge in [-0.25, -0.2) is 4.98 Å². The number of imidazole rings is 1. The minimum atomic E-state index is 0.712. The molecule has 0 radical (unpaired) electrons. The van der Waals surface area contributed by atoms with Crippen LogP contribution in [0, 0.1) is 6.92 Å². The predicted octanol–water partition coefficient (Wildman–Crippen LogP) is 1.71. The highest BCUT2D eigenvalue weighted by atomic mass is 15.2. The summed E-state index contributed by atoms with van der Waals surface area (Å²) < 4.78 is 2.03. The lowest BCUT2D eigenvalue weighted by Gasteiger charge is -2.06. The Morgan fingerprint density at radius 2 is 2.50 bits per heavy atom. The van der Waals surface area contributed by atoms with Crippen LogP contribution in [0.5, 0.6) is 0 Å². The van der Waals surface area contributed by atoms with Gasteiger partial charge in [0.2, 0.25) is 5.95 Å². The van der Waals surface area contributed by atoms with Crippen LogP contribution in [0.15, 0.2) is 31.2 Å². The minimum Gasteiger partial charge on any atom is -0.351 e. The van der Waals surface area contributed by atoms with E-state index in [1.807, 2.05) is 30.0 Å². The quantitative estimate of drug-likeness (QED) is 0.750. The van der Waals surface area contributed by atoms with Gasteiger partial charge in [0.25, 0.3) is 0 Å². The number of rotatable bonds is 5. The van der Waals surface area contributed by atoms with Crippen molar-refractivity contribution in [3.63, 3.8) is 0 Å². The Kier molecular flexibility index (Phi) is 3.05. The first-order valence-corrected chi connectivity index (χ1v) is 5.16. The van der Waals surface area contributed by atoms with Gasteiger partial charge in [0, 0.05) is 31.0 Å². The maximum Gasteiger partial charge on any atom is 0.203 e. The van der Waals surface area contributed by atoms with Crippen molar-refractivity contribution in [2.75, 3.05) is 5.32 Å². The highest BCUT2D eigenvalue weighted by molar-refractivity contribution is 5.30. The van der Waals surface area contributed by atoms with Crippen LogP contribution in [0.2, 0.25) is 0 Å². The minimum absolute atomic E-state index is 0.712. The second-order valence-electron chi connectivity index (χ2n) is 3.61. The van der Waals surface area contributed by atoms with Gasteiger partial charge in [0.15, 0.2) is 0 Å². The molecule has 0 saturated heterocycles. The summed E-state index contributed by atoms with van der Waals surface area (Å²) in [6.45, 7) is 7.17. The lowest BCUT2D eigenvalue weighted by atomic mass is 10.4. The summed E-state index contributed by atoms with van der Waals surface area (Å²) in [5.74, 6) is 0.860. The number of aromatic nitrogens is 4. The number of aromatic amines is 1. The number of hydrogen-bond donors (Lipinski definition) is 2. The van der Waals surface area contributed by atoms with Gasteiger partial charge in [-0.3, -0.25) is 5.10 Å². The van der Waals surface area contributed by atoms with Gasteiger partial charge in [-0.1, -0.05) is 6.08 Å². The second-order valence-corrected chi connectivity index (χ2v) is 3.61. The number of H-pyrrole nitrogens is 1. The van der Waals surface area contributed by atoms with E-state index in [1.165, 1.54) is 0 Å². The maximum absolute atomic E-state index is 4.40. The summed E-state index contributed by atoms with van der Waals surface area (Å²) in [6, 6.07) is 0. The molecule has 2 heterocycles. The molecule has 0 aromatic carbocycles. The molecular weight excluding hydrogens is 202 g/mol. The fourth-order valence-electron chi connectivity index (χ4n) is 1.52. The van der Waals surface area contributed by atoms with Gasteiger partial charge in [-0.05, 0) is 6.92 Å². The molecule has 0 unspecified atom stereocenters. The van der Waals surface area contributed by atoms with Crippen LogP contribution in [-0.2, 0) is 13.1 Å². The van der Waals surface area contributed by atoms with Crippen LogP contribution >= 0.6 is 0 Å². The largest absolute Gasteiger partial charge is 0.351 e. The molecule has 2 N–H and O–H groups in total. The van der Waals surface area contributed by atoms with Crippen LogP contribution in [0.25, 0.3) is 0 Å². The monoisotopic (exact) mass is 217 g/mol. The zero-order chi connectivity index (χ0) is 11.4. The summed E-state index contributed by atoms with van der Waals surface area (Å²) in [4.78, 5) is 4.40. The molecule has 84 valence electrons. The van der Waals surface area contributed by atoms with E-state index in [4.69, 9.17) is 0 Å². The first-order valence-electron chi connectivity index (χ1n) is 5.16. The molecule has 0 saturated carbocycles. The zero-order valence-corrected chi connectivity index (χ0v) is 9.27. The maximum atomic E-state index is 4.40. The first-order chi connectivity index (χ1) is 7.79. The molecule has 0 aliphatic carbocycles. The molecule has 2 rings (SSSR count). The summed E-state index contributed by atoms with van der Waals surface area (Å²) in [5.41, 5.74) is 2.10. The second kappa shape index (κ2) is 4.65. The summed E-state index contributed by atoms with van der Waals surface area (Å²) in [5, 5.41) is 9.93. The molecule has 2 aromatic rings. The van der Waals surface area contributed by atoms with Crippen molar-refractivity contribution in [1.29, 1.82) is 0 Å². The van der Waals surface area contributed by atoms with Crippen LogP contribution in [0.4, 0.5) is 5.95 Å². The van der Waals surface area contributed by atoms with E-state index >= 15 is 0 Å². The van der Waals surface area contributed by atoms with E-state index in [0.717, 1.165) is 23.8 Å². The Hall–Kier alpha value is -2.04. The van der Waals surface area contributed by atoms with E-state index in [1.54, 1.807) is 6.20 Å². The lowest BCUT2D eigenvalue weighted by Crippen LogP contribution is -2.06. The van der Waals surface area contributed by atoms with Crippen molar-refractivity contribution in [1.82, 2.24) is 19.7 Å². The Morgan fingerprint density at radius 3 is 3.19 bits per heavy atom. The Bertz CT molecular complexity index is 455. The molecule has 0 aliphatic rings. The molecular formula is C11H15N5. The lowest BCUT2D eigenvalue weighted by molar-refractivity contribution is 0.819. The highest BCUT2D eigenvalue weighted by Crippen LogP contribution is 2.09. The van der Waals surface area contributed by atoms with Crippen molar-refractivity contribution in [3.05, 3.63) is 42.5 Å². The van der Waals surface area contributed by atoms with E-state index in [9.17, 15) is 0 Å². The average molecular weight is 217 g/mol. The number of nitrogens with one attached hydrogen (secondary N) is 2. The summed E-state index contributed by atoms with van der Waals surface area (Å²) in [7, 11) is 0. The SMILES string of the molecule is C=CCn1cc(C)nc1NCc1cn[nH]c1. The zero-order valence-electron chi connectivity index (χ0n) is 9.27. The van der Waals surface area contributed by atoms with Crippen molar-refractivity contribution in [3.8, 4) is 0 Å². The van der Waals surface area contributed by atoms with E-state index < -0.39 is 0 Å². The number of nitrogens with zero attached hydrogens (tertiary/aromatic N) is 3. The van der Waals surface area contributed by atoms with Crippen molar-refractivity contribution < 1.29 is 0 Å². The topological polar surface area (TPSA) is 58.5 Å². The van der Waals surface area contributed by atoms with Crippen molar-refractivity contribution in [2.45, 2.75) is 20.0 Å². The molecule has 0 spiro atoms. The fourth-order valence-corrected chi connectivity index (χ4v) is 1.52. The third kappa shape index (κ3) is 2.31. The summed E-state index contributed by atoms with van der Waals surface area (Å²) >= 11 is 0. The molecule has 0 bridgehead atoms. The average Bonchev–Trinajstić information content (AvgIpc) is 2.86. The van der Waals surface area contributed by atoms with Gasteiger partial charge in [-0.2, -0.15) is 5.10 Å². The Balaban J connectivity index is 2.05. The number of aryl methyl sites for hydroxylation is 1. The van der Waals surface area contributed by atoms with Gasteiger partial charge in [0.05, 0.1) is 11.9 Å². The standard InChI is InChI=1S/C11H15N5/c1-3-4-16-8-9(2)15-11(16)12-5-10-6-13-14-7-10/h3,6-8H,1,4-5H2,2H3,(H,12,15)(H,13,14). The molecule has 5 heteroatoms. The first kappa shape index (κ1) is 10.5. The van der Waals surface area contributed by atoms with Gasteiger partial charge >= 0.3 is 0 Å². The van der Waals surface area contributed by atoms with Gasteiger partial charge < -0.3 is 9.88 Å². The highest BCUT2D eigenvalue weighted by Gasteiger charge is 2.03. The van der Waals surface area contributed by atoms with E-state index in [0.29, 0.717) is 6.54 Å². The normalized spacial score (nSPS) is 10.3. The molecule has 0 fully saturated rings. The molecule has 0 aliphatic heterocycles. The Morgan fingerprint density at radius 1 is 1.62 bits per heavy atom. The van der Waals surface area contributed by atoms with Gasteiger partial charge in [0.1, 0.15) is 0 Å². The van der Waals surface area contributed by atoms with Crippen LogP contribution in [-0.4, -0.2) is 19.7 Å². The number of anilines is 1. The van der Waals surface area contributed by atoms with E-state index in [2.05, 4.69) is 27.1 Å². The predicted molar refractivity (Wildman–Crippen MR) is 63.1 cm³/mol. The molecule has 2 aromatic heterocycles. The molecule has 5 nitrogen and oxygen atoms in total. The molecule has 0 amide bonds. The van der Waals surface area contributed by atoms with Crippen molar-refractivity contribution in [2.24, 2.45) is 0 Å². The number of allylic oxidation sites excluding steroid dienone is 1. The van der Waals surface area contributed by atoms with Crippen LogP contribution in [0.3, 0.4) is 0 Å². The molecule has 0 atom stereocenters. The molecule has 16 heavy (non-hydrogen) atoms. The smallest absolute Gasteiger partial charge is 0.203 e.